The third-order valence-electron chi connectivity index (χ3n) is 1.56. The first-order valence-electron chi connectivity index (χ1n) is 4.67. The first-order valence-corrected chi connectivity index (χ1v) is 5.46. The van der Waals surface area contributed by atoms with Crippen molar-refractivity contribution in [1.82, 2.24) is 5.43 Å². The molecule has 84 valence electrons. The molecule has 0 bridgehead atoms. The van der Waals surface area contributed by atoms with Gasteiger partial charge in [-0.1, -0.05) is 35.8 Å². The van der Waals surface area contributed by atoms with E-state index in [1.807, 2.05) is 38.3 Å². The maximum absolute atomic E-state index is 10.8. The summed E-state index contributed by atoms with van der Waals surface area (Å²) >= 11 is 3.35. The number of rotatable bonds is 1. The Morgan fingerprint density at radius 1 is 1.40 bits per heavy atom. The molecule has 0 unspecified atom stereocenters. The normalized spacial score (nSPS) is 8.60. The number of hydrogen-bond acceptors (Lipinski definition) is 2. The van der Waals surface area contributed by atoms with Crippen molar-refractivity contribution in [2.75, 3.05) is 5.32 Å². The molecule has 1 rings (SSSR count). The van der Waals surface area contributed by atoms with Gasteiger partial charge in [-0.25, -0.2) is 10.6 Å². The number of hydrogen-bond donors (Lipinski definition) is 3. The molecule has 0 atom stereocenters. The van der Waals surface area contributed by atoms with Crippen molar-refractivity contribution >= 4 is 27.6 Å². The molecule has 1 aromatic carbocycles. The van der Waals surface area contributed by atoms with Crippen molar-refractivity contribution in [2.24, 2.45) is 5.84 Å². The molecule has 0 fully saturated rings. The van der Waals surface area contributed by atoms with Crippen LogP contribution in [0.5, 0.6) is 0 Å². The van der Waals surface area contributed by atoms with E-state index in [1.54, 1.807) is 6.07 Å². The Morgan fingerprint density at radius 3 is 2.47 bits per heavy atom. The van der Waals surface area contributed by atoms with Gasteiger partial charge < -0.3 is 5.32 Å². The van der Waals surface area contributed by atoms with Crippen molar-refractivity contribution < 1.29 is 4.79 Å². The molecule has 0 aliphatic rings. The predicted molar refractivity (Wildman–Crippen MR) is 66.6 cm³/mol. The summed E-state index contributed by atoms with van der Waals surface area (Å²) < 4.78 is 0.947. The second-order valence-corrected chi connectivity index (χ2v) is 3.42. The van der Waals surface area contributed by atoms with Crippen LogP contribution >= 0.6 is 15.9 Å². The molecule has 4 N–H and O–H groups in total. The van der Waals surface area contributed by atoms with Gasteiger partial charge in [0.1, 0.15) is 0 Å². The van der Waals surface area contributed by atoms with Crippen molar-refractivity contribution in [1.29, 1.82) is 0 Å². The Kier molecular flexibility index (Phi) is 6.73. The highest BCUT2D eigenvalue weighted by Gasteiger charge is 2.00. The van der Waals surface area contributed by atoms with Crippen molar-refractivity contribution in [2.45, 2.75) is 20.8 Å². The van der Waals surface area contributed by atoms with Gasteiger partial charge in [0, 0.05) is 10.2 Å². The van der Waals surface area contributed by atoms with Gasteiger partial charge in [0.2, 0.25) is 0 Å². The van der Waals surface area contributed by atoms with Gasteiger partial charge in [-0.15, -0.1) is 0 Å². The highest BCUT2D eigenvalue weighted by atomic mass is 79.9. The fourth-order valence-electron chi connectivity index (χ4n) is 0.838. The molecule has 0 radical (unpaired) electrons. The van der Waals surface area contributed by atoms with Gasteiger partial charge in [0.25, 0.3) is 0 Å². The number of nitrogens with two attached hydrogens (primary N) is 1. The second-order valence-electron chi connectivity index (χ2n) is 2.56. The fraction of sp³-hybridized carbons (Fsp3) is 0.300. The lowest BCUT2D eigenvalue weighted by Crippen LogP contribution is -2.34. The topological polar surface area (TPSA) is 67.2 Å². The van der Waals surface area contributed by atoms with Gasteiger partial charge in [0.15, 0.2) is 0 Å². The van der Waals surface area contributed by atoms with Crippen LogP contribution < -0.4 is 16.6 Å². The lowest BCUT2D eigenvalue weighted by molar-refractivity contribution is 0.252. The first kappa shape index (κ1) is 13.9. The number of nitrogens with one attached hydrogen (secondary N) is 2. The number of aryl methyl sites for hydroxylation is 1. The molecule has 1 aromatic rings. The molecule has 15 heavy (non-hydrogen) atoms. The van der Waals surface area contributed by atoms with Crippen LogP contribution in [0, 0.1) is 6.92 Å². The molecule has 0 saturated carbocycles. The SMILES string of the molecule is CC.Cc1ccc(NC(=O)NN)cc1Br. The minimum Gasteiger partial charge on any atom is -0.307 e. The van der Waals surface area contributed by atoms with Gasteiger partial charge in [-0.2, -0.15) is 0 Å². The standard InChI is InChI=1S/C8H10BrN3O.C2H6/c1-5-2-3-6(4-7(5)9)11-8(13)12-10;1-2/h2-4H,10H2,1H3,(H2,11,12,13);1-2H3. The van der Waals surface area contributed by atoms with Crippen molar-refractivity contribution in [3.05, 3.63) is 28.2 Å². The number of benzene rings is 1. The maximum Gasteiger partial charge on any atom is 0.333 e. The molecule has 0 spiro atoms. The Balaban J connectivity index is 0.000000921. The Hall–Kier alpha value is -1.07. The summed E-state index contributed by atoms with van der Waals surface area (Å²) in [7, 11) is 0. The number of anilines is 1. The zero-order valence-corrected chi connectivity index (χ0v) is 10.7. The van der Waals surface area contributed by atoms with Crippen LogP contribution in [0.25, 0.3) is 0 Å². The van der Waals surface area contributed by atoms with E-state index in [0.717, 1.165) is 10.0 Å². The average molecular weight is 274 g/mol. The monoisotopic (exact) mass is 273 g/mol. The van der Waals surface area contributed by atoms with Crippen LogP contribution in [0.1, 0.15) is 19.4 Å². The molecule has 2 amide bonds. The average Bonchev–Trinajstić information content (AvgIpc) is 2.26. The van der Waals surface area contributed by atoms with Gasteiger partial charge in [0.05, 0.1) is 0 Å². The Morgan fingerprint density at radius 2 is 2.00 bits per heavy atom. The molecule has 0 aliphatic heterocycles. The third kappa shape index (κ3) is 4.80. The van der Waals surface area contributed by atoms with Crippen molar-refractivity contribution in [3.8, 4) is 0 Å². The summed E-state index contributed by atoms with van der Waals surface area (Å²) in [4.78, 5) is 10.8. The summed E-state index contributed by atoms with van der Waals surface area (Å²) in [6, 6.07) is 5.08. The zero-order valence-electron chi connectivity index (χ0n) is 9.10. The lowest BCUT2D eigenvalue weighted by atomic mass is 10.2. The van der Waals surface area contributed by atoms with Crippen LogP contribution in [0.3, 0.4) is 0 Å². The van der Waals surface area contributed by atoms with Gasteiger partial charge in [-0.05, 0) is 24.6 Å². The number of urea groups is 1. The van der Waals surface area contributed by atoms with Crippen LogP contribution in [-0.4, -0.2) is 6.03 Å². The molecule has 0 aliphatic carbocycles. The van der Waals surface area contributed by atoms with Gasteiger partial charge >= 0.3 is 6.03 Å². The van der Waals surface area contributed by atoms with Crippen LogP contribution in [0.4, 0.5) is 10.5 Å². The predicted octanol–water partition coefficient (Wildman–Crippen LogP) is 2.78. The van der Waals surface area contributed by atoms with E-state index in [2.05, 4.69) is 21.2 Å². The molecule has 5 heteroatoms. The highest BCUT2D eigenvalue weighted by molar-refractivity contribution is 9.10. The van der Waals surface area contributed by atoms with Crippen molar-refractivity contribution in [3.63, 3.8) is 0 Å². The summed E-state index contributed by atoms with van der Waals surface area (Å²) in [5.41, 5.74) is 3.79. The van der Waals surface area contributed by atoms with E-state index < -0.39 is 6.03 Å². The molecule has 4 nitrogen and oxygen atoms in total. The van der Waals surface area contributed by atoms with Crippen LogP contribution in [0.15, 0.2) is 22.7 Å². The minimum atomic E-state index is -0.434. The Bertz CT molecular complexity index is 328. The molecular weight excluding hydrogens is 258 g/mol. The number of hydrazine groups is 1. The fourth-order valence-corrected chi connectivity index (χ4v) is 1.22. The van der Waals surface area contributed by atoms with E-state index in [4.69, 9.17) is 5.84 Å². The van der Waals surface area contributed by atoms with Crippen LogP contribution in [0.2, 0.25) is 0 Å². The molecular formula is C10H16BrN3O. The lowest BCUT2D eigenvalue weighted by Gasteiger charge is -2.05. The number of amides is 2. The summed E-state index contributed by atoms with van der Waals surface area (Å²) in [6.07, 6.45) is 0. The zero-order chi connectivity index (χ0) is 11.8. The first-order chi connectivity index (χ1) is 7.13. The van der Waals surface area contributed by atoms with E-state index >= 15 is 0 Å². The quantitative estimate of drug-likeness (QED) is 0.419. The third-order valence-corrected chi connectivity index (χ3v) is 2.42. The molecule has 0 heterocycles. The number of halogens is 1. The molecule has 0 aromatic heterocycles. The Labute approximate surface area is 98.3 Å². The summed E-state index contributed by atoms with van der Waals surface area (Å²) in [5.74, 6) is 4.91. The van der Waals surface area contributed by atoms with E-state index in [9.17, 15) is 4.79 Å². The van der Waals surface area contributed by atoms with E-state index in [-0.39, 0.29) is 0 Å². The minimum absolute atomic E-state index is 0.434. The smallest absolute Gasteiger partial charge is 0.307 e. The number of carbonyl (C=O) groups is 1. The second kappa shape index (κ2) is 7.25. The highest BCUT2D eigenvalue weighted by Crippen LogP contribution is 2.20. The maximum atomic E-state index is 10.8. The van der Waals surface area contributed by atoms with Crippen LogP contribution in [-0.2, 0) is 0 Å². The summed E-state index contributed by atoms with van der Waals surface area (Å²) in [6.45, 7) is 5.97. The van der Waals surface area contributed by atoms with E-state index in [1.165, 1.54) is 0 Å². The molecule has 0 saturated heterocycles. The van der Waals surface area contributed by atoms with E-state index in [0.29, 0.717) is 5.69 Å². The summed E-state index contributed by atoms with van der Waals surface area (Å²) in [5, 5.41) is 2.55. The van der Waals surface area contributed by atoms with Gasteiger partial charge in [-0.3, -0.25) is 5.43 Å². The number of carbonyl (C=O) groups excluding carboxylic acids is 1. The largest absolute Gasteiger partial charge is 0.333 e.